The first-order valence-electron chi connectivity index (χ1n) is 5.06. The molecule has 0 saturated heterocycles. The highest BCUT2D eigenvalue weighted by Crippen LogP contribution is 2.43. The number of hydrogen-bond acceptors (Lipinski definition) is 1. The molecule has 0 aromatic carbocycles. The maximum absolute atomic E-state index is 10.2. The monoisotopic (exact) mass is 170 g/mol. The largest absolute Gasteiger partial charge is 0.390 e. The standard InChI is InChI=1S/C11H22O/c1-10(2,3)9-7-5-6-8-11(9,4)12/h9,12H,5-8H2,1-4H3/t9-,11-/m0/s1. The van der Waals surface area contributed by atoms with Gasteiger partial charge in [-0.25, -0.2) is 0 Å². The van der Waals surface area contributed by atoms with Gasteiger partial charge in [0.25, 0.3) is 0 Å². The summed E-state index contributed by atoms with van der Waals surface area (Å²) >= 11 is 0. The summed E-state index contributed by atoms with van der Waals surface area (Å²) in [7, 11) is 0. The van der Waals surface area contributed by atoms with Crippen LogP contribution in [0.3, 0.4) is 0 Å². The fourth-order valence-electron chi connectivity index (χ4n) is 2.68. The summed E-state index contributed by atoms with van der Waals surface area (Å²) in [6, 6.07) is 0. The van der Waals surface area contributed by atoms with Gasteiger partial charge in [0.2, 0.25) is 0 Å². The van der Waals surface area contributed by atoms with E-state index in [1.807, 2.05) is 6.92 Å². The Kier molecular flexibility index (Phi) is 2.53. The molecule has 1 nitrogen and oxygen atoms in total. The van der Waals surface area contributed by atoms with Crippen molar-refractivity contribution in [1.82, 2.24) is 0 Å². The van der Waals surface area contributed by atoms with Crippen molar-refractivity contribution in [2.24, 2.45) is 11.3 Å². The second kappa shape index (κ2) is 3.02. The van der Waals surface area contributed by atoms with Crippen LogP contribution in [0, 0.1) is 11.3 Å². The molecule has 0 aromatic heterocycles. The zero-order valence-electron chi connectivity index (χ0n) is 8.85. The molecule has 1 N–H and O–H groups in total. The van der Waals surface area contributed by atoms with Crippen molar-refractivity contribution in [2.75, 3.05) is 0 Å². The lowest BCUT2D eigenvalue weighted by molar-refractivity contribution is -0.0752. The van der Waals surface area contributed by atoms with Crippen LogP contribution < -0.4 is 0 Å². The van der Waals surface area contributed by atoms with Gasteiger partial charge in [0, 0.05) is 0 Å². The molecule has 1 heteroatoms. The summed E-state index contributed by atoms with van der Waals surface area (Å²) in [5, 5.41) is 10.2. The molecular weight excluding hydrogens is 148 g/mol. The Morgan fingerprint density at radius 1 is 1.25 bits per heavy atom. The molecule has 1 fully saturated rings. The minimum absolute atomic E-state index is 0.254. The molecule has 72 valence electrons. The number of rotatable bonds is 0. The Hall–Kier alpha value is -0.0400. The van der Waals surface area contributed by atoms with Gasteiger partial charge in [-0.3, -0.25) is 0 Å². The van der Waals surface area contributed by atoms with Crippen molar-refractivity contribution < 1.29 is 5.11 Å². The van der Waals surface area contributed by atoms with Crippen LogP contribution in [-0.2, 0) is 0 Å². The van der Waals surface area contributed by atoms with E-state index in [4.69, 9.17) is 0 Å². The number of aliphatic hydroxyl groups is 1. The maximum atomic E-state index is 10.2. The third kappa shape index (κ3) is 2.01. The molecular formula is C11H22O. The second-order valence-corrected chi connectivity index (χ2v) is 5.52. The lowest BCUT2D eigenvalue weighted by Gasteiger charge is -2.44. The first-order valence-corrected chi connectivity index (χ1v) is 5.06. The highest BCUT2D eigenvalue weighted by molar-refractivity contribution is 4.92. The third-order valence-corrected chi connectivity index (χ3v) is 3.22. The topological polar surface area (TPSA) is 20.2 Å². The molecule has 0 bridgehead atoms. The summed E-state index contributed by atoms with van der Waals surface area (Å²) in [5.74, 6) is 0.471. The summed E-state index contributed by atoms with van der Waals surface area (Å²) in [4.78, 5) is 0. The zero-order chi connectivity index (χ0) is 9.41. The molecule has 0 spiro atoms. The van der Waals surface area contributed by atoms with Crippen molar-refractivity contribution in [3.8, 4) is 0 Å². The van der Waals surface area contributed by atoms with E-state index in [2.05, 4.69) is 20.8 Å². The molecule has 0 unspecified atom stereocenters. The Morgan fingerprint density at radius 2 is 1.83 bits per heavy atom. The Labute approximate surface area is 76.2 Å². The summed E-state index contributed by atoms with van der Waals surface area (Å²) < 4.78 is 0. The fraction of sp³-hybridized carbons (Fsp3) is 1.00. The van der Waals surface area contributed by atoms with Crippen LogP contribution in [0.15, 0.2) is 0 Å². The number of hydrogen-bond donors (Lipinski definition) is 1. The highest BCUT2D eigenvalue weighted by atomic mass is 16.3. The SMILES string of the molecule is CC(C)(C)[C@@H]1CCCC[C@]1(C)O. The molecule has 0 aromatic rings. The minimum Gasteiger partial charge on any atom is -0.390 e. The molecule has 1 saturated carbocycles. The van der Waals surface area contributed by atoms with E-state index in [0.29, 0.717) is 5.92 Å². The molecule has 1 aliphatic rings. The zero-order valence-corrected chi connectivity index (χ0v) is 8.85. The third-order valence-electron chi connectivity index (χ3n) is 3.22. The van der Waals surface area contributed by atoms with Crippen molar-refractivity contribution in [1.29, 1.82) is 0 Å². The molecule has 2 atom stereocenters. The summed E-state index contributed by atoms with van der Waals surface area (Å²) in [6.45, 7) is 8.70. The van der Waals surface area contributed by atoms with Crippen LogP contribution in [0.5, 0.6) is 0 Å². The average molecular weight is 170 g/mol. The lowest BCUT2D eigenvalue weighted by Crippen LogP contribution is -2.44. The van der Waals surface area contributed by atoms with Gasteiger partial charge in [-0.15, -0.1) is 0 Å². The predicted molar refractivity (Wildman–Crippen MR) is 52.0 cm³/mol. The smallest absolute Gasteiger partial charge is 0.0652 e. The van der Waals surface area contributed by atoms with Crippen LogP contribution in [0.1, 0.15) is 53.4 Å². The van der Waals surface area contributed by atoms with Gasteiger partial charge in [0.05, 0.1) is 5.60 Å². The van der Waals surface area contributed by atoms with E-state index in [-0.39, 0.29) is 5.41 Å². The summed E-state index contributed by atoms with van der Waals surface area (Å²) in [6.07, 6.45) is 4.66. The molecule has 0 amide bonds. The van der Waals surface area contributed by atoms with E-state index in [9.17, 15) is 5.11 Å². The fourth-order valence-corrected chi connectivity index (χ4v) is 2.68. The minimum atomic E-state index is -0.420. The van der Waals surface area contributed by atoms with Gasteiger partial charge in [0.15, 0.2) is 0 Å². The van der Waals surface area contributed by atoms with Crippen LogP contribution in [0.2, 0.25) is 0 Å². The van der Waals surface area contributed by atoms with Gasteiger partial charge in [-0.1, -0.05) is 33.6 Å². The van der Waals surface area contributed by atoms with Crippen LogP contribution in [-0.4, -0.2) is 10.7 Å². The van der Waals surface area contributed by atoms with Crippen molar-refractivity contribution in [3.63, 3.8) is 0 Å². The van der Waals surface area contributed by atoms with Gasteiger partial charge in [0.1, 0.15) is 0 Å². The van der Waals surface area contributed by atoms with E-state index in [0.717, 1.165) is 6.42 Å². The molecule has 0 radical (unpaired) electrons. The molecule has 0 aliphatic heterocycles. The van der Waals surface area contributed by atoms with Crippen molar-refractivity contribution in [2.45, 2.75) is 59.0 Å². The van der Waals surface area contributed by atoms with Crippen LogP contribution in [0.4, 0.5) is 0 Å². The highest BCUT2D eigenvalue weighted by Gasteiger charge is 2.41. The van der Waals surface area contributed by atoms with Gasteiger partial charge < -0.3 is 5.11 Å². The Morgan fingerprint density at radius 3 is 2.17 bits per heavy atom. The molecule has 0 heterocycles. The lowest BCUT2D eigenvalue weighted by atomic mass is 9.64. The first kappa shape index (κ1) is 10.0. The van der Waals surface area contributed by atoms with E-state index < -0.39 is 5.60 Å². The van der Waals surface area contributed by atoms with Gasteiger partial charge >= 0.3 is 0 Å². The normalized spacial score (nSPS) is 38.2. The average Bonchev–Trinajstić information content (AvgIpc) is 1.83. The van der Waals surface area contributed by atoms with Crippen molar-refractivity contribution in [3.05, 3.63) is 0 Å². The van der Waals surface area contributed by atoms with E-state index in [1.54, 1.807) is 0 Å². The van der Waals surface area contributed by atoms with Crippen LogP contribution >= 0.6 is 0 Å². The Bertz CT molecular complexity index is 153. The summed E-state index contributed by atoms with van der Waals surface area (Å²) in [5.41, 5.74) is -0.166. The Balaban J connectivity index is 2.73. The van der Waals surface area contributed by atoms with E-state index in [1.165, 1.54) is 19.3 Å². The first-order chi connectivity index (χ1) is 5.34. The van der Waals surface area contributed by atoms with Gasteiger partial charge in [-0.2, -0.15) is 0 Å². The van der Waals surface area contributed by atoms with E-state index >= 15 is 0 Å². The molecule has 1 rings (SSSR count). The van der Waals surface area contributed by atoms with Gasteiger partial charge in [-0.05, 0) is 31.1 Å². The van der Waals surface area contributed by atoms with Crippen molar-refractivity contribution >= 4 is 0 Å². The quantitative estimate of drug-likeness (QED) is 0.592. The predicted octanol–water partition coefficient (Wildman–Crippen LogP) is 2.97. The molecule has 12 heavy (non-hydrogen) atoms. The second-order valence-electron chi connectivity index (χ2n) is 5.52. The van der Waals surface area contributed by atoms with Crippen LogP contribution in [0.25, 0.3) is 0 Å². The molecule has 1 aliphatic carbocycles. The maximum Gasteiger partial charge on any atom is 0.0652 e.